The minimum atomic E-state index is -0.0480. The summed E-state index contributed by atoms with van der Waals surface area (Å²) in [6.45, 7) is 5.34. The van der Waals surface area contributed by atoms with Crippen LogP contribution in [0.5, 0.6) is 0 Å². The first kappa shape index (κ1) is 19.2. The highest BCUT2D eigenvalue weighted by Gasteiger charge is 2.22. The van der Waals surface area contributed by atoms with E-state index in [1.54, 1.807) is 0 Å². The lowest BCUT2D eigenvalue weighted by Crippen LogP contribution is -2.36. The second-order valence-corrected chi connectivity index (χ2v) is 8.22. The molecule has 1 aliphatic carbocycles. The predicted molar refractivity (Wildman–Crippen MR) is 109 cm³/mol. The number of benzene rings is 1. The molecule has 1 aromatic carbocycles. The molecule has 8 nitrogen and oxygen atoms in total. The van der Waals surface area contributed by atoms with E-state index in [9.17, 15) is 4.79 Å². The van der Waals surface area contributed by atoms with E-state index in [2.05, 4.69) is 37.9 Å². The molecule has 0 atom stereocenters. The second kappa shape index (κ2) is 8.91. The molecular weight excluding hydrogens is 376 g/mol. The lowest BCUT2D eigenvalue weighted by atomic mass is 10.1. The standard InChI is InChI=1S/C19H26N6O2S/c1-14-12-16(24-8-10-27-11-9-24)6-7-17(14)20-18(26)13-28-19-21-22-23-25(19)15-4-2-3-5-15/h6-7,12,15H,2-5,8-11,13H2,1H3,(H,20,26). The van der Waals surface area contributed by atoms with E-state index < -0.39 is 0 Å². The Kier molecular flexibility index (Phi) is 6.11. The predicted octanol–water partition coefficient (Wildman–Crippen LogP) is 2.66. The van der Waals surface area contributed by atoms with Crippen molar-refractivity contribution in [2.24, 2.45) is 0 Å². The van der Waals surface area contributed by atoms with Crippen LogP contribution < -0.4 is 10.2 Å². The van der Waals surface area contributed by atoms with E-state index in [1.807, 2.05) is 17.7 Å². The zero-order chi connectivity index (χ0) is 19.3. The summed E-state index contributed by atoms with van der Waals surface area (Å²) < 4.78 is 7.29. The highest BCUT2D eigenvalue weighted by atomic mass is 32.2. The first-order valence-corrected chi connectivity index (χ1v) is 10.8. The summed E-state index contributed by atoms with van der Waals surface area (Å²) in [6.07, 6.45) is 4.66. The molecule has 1 amide bonds. The lowest BCUT2D eigenvalue weighted by molar-refractivity contribution is -0.113. The summed E-state index contributed by atoms with van der Waals surface area (Å²) in [6, 6.07) is 6.53. The molecule has 1 saturated carbocycles. The molecule has 4 rings (SSSR count). The van der Waals surface area contributed by atoms with Gasteiger partial charge in [-0.05, 0) is 54.0 Å². The number of nitrogens with zero attached hydrogens (tertiary/aromatic N) is 5. The van der Waals surface area contributed by atoms with Crippen LogP contribution in [0.4, 0.5) is 11.4 Å². The summed E-state index contributed by atoms with van der Waals surface area (Å²) in [7, 11) is 0. The molecule has 28 heavy (non-hydrogen) atoms. The molecule has 0 unspecified atom stereocenters. The van der Waals surface area contributed by atoms with Gasteiger partial charge in [-0.15, -0.1) is 5.10 Å². The van der Waals surface area contributed by atoms with Crippen LogP contribution in [0.2, 0.25) is 0 Å². The zero-order valence-corrected chi connectivity index (χ0v) is 17.0. The highest BCUT2D eigenvalue weighted by Crippen LogP contribution is 2.31. The molecule has 1 N–H and O–H groups in total. The van der Waals surface area contributed by atoms with Crippen LogP contribution in [0.1, 0.15) is 37.3 Å². The lowest BCUT2D eigenvalue weighted by Gasteiger charge is -2.29. The average molecular weight is 403 g/mol. The Hall–Kier alpha value is -2.13. The Morgan fingerprint density at radius 2 is 2.07 bits per heavy atom. The van der Waals surface area contributed by atoms with Gasteiger partial charge in [-0.25, -0.2) is 4.68 Å². The molecule has 2 fully saturated rings. The zero-order valence-electron chi connectivity index (χ0n) is 16.1. The molecule has 1 aromatic heterocycles. The van der Waals surface area contributed by atoms with Gasteiger partial charge in [-0.2, -0.15) is 0 Å². The molecular formula is C19H26N6O2S. The Morgan fingerprint density at radius 3 is 2.82 bits per heavy atom. The Labute approximate surface area is 169 Å². The number of carbonyl (C=O) groups excluding carboxylic acids is 1. The minimum Gasteiger partial charge on any atom is -0.378 e. The van der Waals surface area contributed by atoms with Crippen LogP contribution in [0, 0.1) is 6.92 Å². The average Bonchev–Trinajstić information content (AvgIpc) is 3.40. The smallest absolute Gasteiger partial charge is 0.234 e. The van der Waals surface area contributed by atoms with Crippen molar-refractivity contribution in [3.8, 4) is 0 Å². The number of hydrogen-bond acceptors (Lipinski definition) is 7. The number of hydrogen-bond donors (Lipinski definition) is 1. The molecule has 0 bridgehead atoms. The van der Waals surface area contributed by atoms with Gasteiger partial charge in [0.25, 0.3) is 0 Å². The number of anilines is 2. The number of tetrazole rings is 1. The van der Waals surface area contributed by atoms with Gasteiger partial charge in [-0.3, -0.25) is 4.79 Å². The van der Waals surface area contributed by atoms with E-state index in [-0.39, 0.29) is 11.7 Å². The molecule has 2 aromatic rings. The first-order valence-electron chi connectivity index (χ1n) is 9.84. The number of thioether (sulfide) groups is 1. The van der Waals surface area contributed by atoms with Crippen LogP contribution >= 0.6 is 11.8 Å². The molecule has 9 heteroatoms. The molecule has 2 aliphatic rings. The monoisotopic (exact) mass is 402 g/mol. The van der Waals surface area contributed by atoms with E-state index in [4.69, 9.17) is 4.74 Å². The summed E-state index contributed by atoms with van der Waals surface area (Å²) in [5.41, 5.74) is 3.07. The van der Waals surface area contributed by atoms with Gasteiger partial charge in [-0.1, -0.05) is 24.6 Å². The maximum atomic E-state index is 12.4. The fourth-order valence-corrected chi connectivity index (χ4v) is 4.53. The van der Waals surface area contributed by atoms with Crippen molar-refractivity contribution in [2.75, 3.05) is 42.3 Å². The second-order valence-electron chi connectivity index (χ2n) is 7.28. The number of ether oxygens (including phenoxy) is 1. The third-order valence-electron chi connectivity index (χ3n) is 5.33. The maximum Gasteiger partial charge on any atom is 0.234 e. The normalized spacial score (nSPS) is 17.8. The van der Waals surface area contributed by atoms with Crippen molar-refractivity contribution in [3.63, 3.8) is 0 Å². The maximum absolute atomic E-state index is 12.4. The van der Waals surface area contributed by atoms with Crippen molar-refractivity contribution in [3.05, 3.63) is 23.8 Å². The van der Waals surface area contributed by atoms with E-state index in [0.29, 0.717) is 6.04 Å². The Morgan fingerprint density at radius 1 is 1.29 bits per heavy atom. The van der Waals surface area contributed by atoms with Gasteiger partial charge < -0.3 is 15.0 Å². The number of aryl methyl sites for hydroxylation is 1. The van der Waals surface area contributed by atoms with E-state index >= 15 is 0 Å². The number of carbonyl (C=O) groups is 1. The van der Waals surface area contributed by atoms with Crippen LogP contribution in [-0.2, 0) is 9.53 Å². The van der Waals surface area contributed by atoms with Crippen molar-refractivity contribution >= 4 is 29.0 Å². The fourth-order valence-electron chi connectivity index (χ4n) is 3.78. The highest BCUT2D eigenvalue weighted by molar-refractivity contribution is 7.99. The van der Waals surface area contributed by atoms with Gasteiger partial charge in [0, 0.05) is 24.5 Å². The van der Waals surface area contributed by atoms with Gasteiger partial charge in [0.1, 0.15) is 0 Å². The van der Waals surface area contributed by atoms with Crippen LogP contribution in [-0.4, -0.2) is 58.2 Å². The van der Waals surface area contributed by atoms with Crippen molar-refractivity contribution in [1.82, 2.24) is 20.2 Å². The topological polar surface area (TPSA) is 85.2 Å². The largest absolute Gasteiger partial charge is 0.378 e. The number of nitrogens with one attached hydrogen (secondary N) is 1. The summed E-state index contributed by atoms with van der Waals surface area (Å²) in [5, 5.41) is 15.7. The SMILES string of the molecule is Cc1cc(N2CCOCC2)ccc1NC(=O)CSc1nnnn1C1CCCC1. The van der Waals surface area contributed by atoms with Gasteiger partial charge >= 0.3 is 0 Å². The molecule has 0 radical (unpaired) electrons. The van der Waals surface area contributed by atoms with E-state index in [1.165, 1.54) is 30.3 Å². The number of rotatable bonds is 6. The molecule has 0 spiro atoms. The summed E-state index contributed by atoms with van der Waals surface area (Å²) in [4.78, 5) is 14.7. The summed E-state index contributed by atoms with van der Waals surface area (Å²) >= 11 is 1.39. The number of amides is 1. The fraction of sp³-hybridized carbons (Fsp3) is 0.579. The first-order chi connectivity index (χ1) is 13.7. The number of morpholine rings is 1. The third-order valence-corrected chi connectivity index (χ3v) is 6.26. The Balaban J connectivity index is 1.33. The molecule has 1 saturated heterocycles. The number of aromatic nitrogens is 4. The van der Waals surface area contributed by atoms with Crippen LogP contribution in [0.25, 0.3) is 0 Å². The quantitative estimate of drug-likeness (QED) is 0.744. The van der Waals surface area contributed by atoms with Gasteiger partial charge in [0.2, 0.25) is 11.1 Å². The van der Waals surface area contributed by atoms with Gasteiger partial charge in [0.15, 0.2) is 0 Å². The van der Waals surface area contributed by atoms with Crippen LogP contribution in [0.15, 0.2) is 23.4 Å². The Bertz CT molecular complexity index is 815. The third kappa shape index (κ3) is 4.47. The molecule has 150 valence electrons. The minimum absolute atomic E-state index is 0.0480. The van der Waals surface area contributed by atoms with E-state index in [0.717, 1.165) is 55.6 Å². The van der Waals surface area contributed by atoms with Crippen molar-refractivity contribution in [1.29, 1.82) is 0 Å². The van der Waals surface area contributed by atoms with Crippen LogP contribution in [0.3, 0.4) is 0 Å². The molecule has 1 aliphatic heterocycles. The van der Waals surface area contributed by atoms with Crippen molar-refractivity contribution in [2.45, 2.75) is 43.8 Å². The summed E-state index contributed by atoms with van der Waals surface area (Å²) in [5.74, 6) is 0.241. The molecule has 2 heterocycles. The van der Waals surface area contributed by atoms with Gasteiger partial charge in [0.05, 0.1) is 25.0 Å². The van der Waals surface area contributed by atoms with Crippen molar-refractivity contribution < 1.29 is 9.53 Å².